The van der Waals surface area contributed by atoms with Gasteiger partial charge in [-0.15, -0.1) is 12.4 Å². The molecule has 1 aromatic rings. The van der Waals surface area contributed by atoms with Crippen LogP contribution in [-0.4, -0.2) is 42.3 Å². The highest BCUT2D eigenvalue weighted by atomic mass is 35.5. The molecule has 1 amide bonds. The third kappa shape index (κ3) is 4.71. The van der Waals surface area contributed by atoms with Crippen LogP contribution in [0.25, 0.3) is 0 Å². The Bertz CT molecular complexity index is 522. The van der Waals surface area contributed by atoms with Crippen LogP contribution in [0.4, 0.5) is 0 Å². The van der Waals surface area contributed by atoms with Gasteiger partial charge in [0.05, 0.1) is 0 Å². The first-order valence-corrected chi connectivity index (χ1v) is 7.35. The molecule has 1 saturated heterocycles. The molecule has 1 aliphatic rings. The van der Waals surface area contributed by atoms with Crippen LogP contribution in [-0.2, 0) is 4.79 Å². The number of hydrogen-bond acceptors (Lipinski definition) is 4. The van der Waals surface area contributed by atoms with Crippen LogP contribution in [0.15, 0.2) is 24.3 Å². The fourth-order valence-electron chi connectivity index (χ4n) is 2.61. The van der Waals surface area contributed by atoms with Crippen molar-refractivity contribution in [2.24, 2.45) is 5.73 Å². The Hall–Kier alpha value is -1.59. The first kappa shape index (κ1) is 18.5. The molecule has 22 heavy (non-hydrogen) atoms. The molecule has 5 nitrogen and oxygen atoms in total. The van der Waals surface area contributed by atoms with Crippen molar-refractivity contribution >= 4 is 24.1 Å². The lowest BCUT2D eigenvalue weighted by molar-refractivity contribution is -0.136. The topological polar surface area (TPSA) is 72.6 Å². The molecule has 0 saturated carbocycles. The van der Waals surface area contributed by atoms with Crippen molar-refractivity contribution in [1.29, 1.82) is 0 Å². The second-order valence-corrected chi connectivity index (χ2v) is 5.35. The minimum Gasteiger partial charge on any atom is -0.484 e. The molecule has 1 heterocycles. The molecule has 122 valence electrons. The predicted molar refractivity (Wildman–Crippen MR) is 87.6 cm³/mol. The summed E-state index contributed by atoms with van der Waals surface area (Å²) in [4.78, 5) is 25.4. The highest BCUT2D eigenvalue weighted by molar-refractivity contribution is 5.94. The van der Waals surface area contributed by atoms with Gasteiger partial charge in [-0.2, -0.15) is 0 Å². The smallest absolute Gasteiger partial charge is 0.260 e. The van der Waals surface area contributed by atoms with E-state index in [1.807, 2.05) is 4.90 Å². The summed E-state index contributed by atoms with van der Waals surface area (Å²) >= 11 is 0. The molecule has 2 N–H and O–H groups in total. The number of Topliss-reactive ketones (excluding diaryl/α,β-unsaturated/α-hetero) is 1. The number of benzene rings is 1. The van der Waals surface area contributed by atoms with Gasteiger partial charge in [-0.1, -0.05) is 12.1 Å². The first-order valence-electron chi connectivity index (χ1n) is 7.35. The van der Waals surface area contributed by atoms with E-state index in [1.165, 1.54) is 6.92 Å². The van der Waals surface area contributed by atoms with Crippen LogP contribution in [0.1, 0.15) is 36.5 Å². The maximum absolute atomic E-state index is 12.2. The number of amides is 1. The number of piperidine rings is 1. The maximum atomic E-state index is 12.2. The second-order valence-electron chi connectivity index (χ2n) is 5.35. The second kappa shape index (κ2) is 8.76. The van der Waals surface area contributed by atoms with Gasteiger partial charge in [0.15, 0.2) is 12.4 Å². The van der Waals surface area contributed by atoms with Gasteiger partial charge in [-0.05, 0) is 38.3 Å². The van der Waals surface area contributed by atoms with Crippen molar-refractivity contribution < 1.29 is 14.3 Å². The van der Waals surface area contributed by atoms with Gasteiger partial charge in [0, 0.05) is 24.7 Å². The van der Waals surface area contributed by atoms with E-state index in [0.29, 0.717) is 17.9 Å². The molecule has 1 unspecified atom stereocenters. The van der Waals surface area contributed by atoms with E-state index in [4.69, 9.17) is 10.5 Å². The Morgan fingerprint density at radius 3 is 2.82 bits per heavy atom. The van der Waals surface area contributed by atoms with E-state index in [2.05, 4.69) is 0 Å². The third-order valence-corrected chi connectivity index (χ3v) is 3.82. The van der Waals surface area contributed by atoms with Gasteiger partial charge >= 0.3 is 0 Å². The quantitative estimate of drug-likeness (QED) is 0.840. The summed E-state index contributed by atoms with van der Waals surface area (Å²) < 4.78 is 5.52. The number of rotatable bonds is 5. The summed E-state index contributed by atoms with van der Waals surface area (Å²) in [5.74, 6) is 0.474. The minimum absolute atomic E-state index is 0. The van der Waals surface area contributed by atoms with Gasteiger partial charge in [-0.3, -0.25) is 9.59 Å². The summed E-state index contributed by atoms with van der Waals surface area (Å²) in [6, 6.07) is 7.01. The van der Waals surface area contributed by atoms with Crippen LogP contribution in [0, 0.1) is 0 Å². The number of likely N-dealkylation sites (tertiary alicyclic amines) is 1. The molecule has 1 atom stereocenters. The SMILES string of the molecule is CC(=O)c1cccc(OCC(=O)N2CCCCC2CN)c1.Cl. The Labute approximate surface area is 137 Å². The predicted octanol–water partition coefficient (Wildman–Crippen LogP) is 2.03. The fourth-order valence-corrected chi connectivity index (χ4v) is 2.61. The molecule has 6 heteroatoms. The molecule has 2 rings (SSSR count). The summed E-state index contributed by atoms with van der Waals surface area (Å²) in [5, 5.41) is 0. The van der Waals surface area contributed by atoms with Crippen molar-refractivity contribution in [2.75, 3.05) is 19.7 Å². The molecule has 1 fully saturated rings. The number of nitrogens with two attached hydrogens (primary N) is 1. The van der Waals surface area contributed by atoms with Crippen LogP contribution in [0.2, 0.25) is 0 Å². The van der Waals surface area contributed by atoms with Gasteiger partial charge in [0.1, 0.15) is 5.75 Å². The Morgan fingerprint density at radius 2 is 2.14 bits per heavy atom. The van der Waals surface area contributed by atoms with Gasteiger partial charge in [-0.25, -0.2) is 0 Å². The zero-order valence-corrected chi connectivity index (χ0v) is 13.6. The van der Waals surface area contributed by atoms with Gasteiger partial charge < -0.3 is 15.4 Å². The largest absolute Gasteiger partial charge is 0.484 e. The monoisotopic (exact) mass is 326 g/mol. The van der Waals surface area contributed by atoms with E-state index in [0.717, 1.165) is 25.8 Å². The molecular weight excluding hydrogens is 304 g/mol. The van der Waals surface area contributed by atoms with Crippen molar-refractivity contribution in [3.8, 4) is 5.75 Å². The lowest BCUT2D eigenvalue weighted by Crippen LogP contribution is -2.49. The Kier molecular flexibility index (Phi) is 7.35. The fraction of sp³-hybridized carbons (Fsp3) is 0.500. The number of carbonyl (C=O) groups excluding carboxylic acids is 2. The number of nitrogens with zero attached hydrogens (tertiary/aromatic N) is 1. The summed E-state index contributed by atoms with van der Waals surface area (Å²) in [6.07, 6.45) is 3.09. The number of ketones is 1. The van der Waals surface area contributed by atoms with Gasteiger partial charge in [0.2, 0.25) is 0 Å². The highest BCUT2D eigenvalue weighted by Crippen LogP contribution is 2.18. The molecule has 0 radical (unpaired) electrons. The third-order valence-electron chi connectivity index (χ3n) is 3.82. The van der Waals surface area contributed by atoms with E-state index in [9.17, 15) is 9.59 Å². The number of hydrogen-bond donors (Lipinski definition) is 1. The average Bonchev–Trinajstić information content (AvgIpc) is 2.52. The molecule has 1 aliphatic heterocycles. The maximum Gasteiger partial charge on any atom is 0.260 e. The normalized spacial score (nSPS) is 17.5. The van der Waals surface area contributed by atoms with E-state index in [1.54, 1.807) is 24.3 Å². The first-order chi connectivity index (χ1) is 10.1. The molecule has 0 aliphatic carbocycles. The zero-order chi connectivity index (χ0) is 15.2. The van der Waals surface area contributed by atoms with Crippen LogP contribution in [0.5, 0.6) is 5.75 Å². The van der Waals surface area contributed by atoms with E-state index in [-0.39, 0.29) is 36.7 Å². The number of halogens is 1. The number of carbonyl (C=O) groups is 2. The number of ether oxygens (including phenoxy) is 1. The summed E-state index contributed by atoms with van der Waals surface area (Å²) in [6.45, 7) is 2.73. The Morgan fingerprint density at radius 1 is 1.36 bits per heavy atom. The molecule has 0 bridgehead atoms. The standard InChI is InChI=1S/C16H22N2O3.ClH/c1-12(19)13-5-4-7-15(9-13)21-11-16(20)18-8-3-2-6-14(18)10-17;/h4-5,7,9,14H,2-3,6,8,10-11,17H2,1H3;1H. The lowest BCUT2D eigenvalue weighted by atomic mass is 10.0. The van der Waals surface area contributed by atoms with Crippen molar-refractivity contribution in [3.63, 3.8) is 0 Å². The molecular formula is C16H23ClN2O3. The van der Waals surface area contributed by atoms with E-state index >= 15 is 0 Å². The van der Waals surface area contributed by atoms with Crippen LogP contribution in [0.3, 0.4) is 0 Å². The van der Waals surface area contributed by atoms with Crippen molar-refractivity contribution in [3.05, 3.63) is 29.8 Å². The van der Waals surface area contributed by atoms with Crippen molar-refractivity contribution in [2.45, 2.75) is 32.2 Å². The molecule has 1 aromatic carbocycles. The average molecular weight is 327 g/mol. The van der Waals surface area contributed by atoms with Crippen LogP contribution >= 0.6 is 12.4 Å². The minimum atomic E-state index is -0.0432. The van der Waals surface area contributed by atoms with Gasteiger partial charge in [0.25, 0.3) is 5.91 Å². The molecule has 0 aromatic heterocycles. The molecule has 0 spiro atoms. The van der Waals surface area contributed by atoms with E-state index < -0.39 is 0 Å². The summed E-state index contributed by atoms with van der Waals surface area (Å²) in [7, 11) is 0. The summed E-state index contributed by atoms with van der Waals surface area (Å²) in [5.41, 5.74) is 6.30. The van der Waals surface area contributed by atoms with Crippen molar-refractivity contribution in [1.82, 2.24) is 4.90 Å². The lowest BCUT2D eigenvalue weighted by Gasteiger charge is -2.34. The Balaban J connectivity index is 0.00000242. The highest BCUT2D eigenvalue weighted by Gasteiger charge is 2.25. The van der Waals surface area contributed by atoms with Crippen LogP contribution < -0.4 is 10.5 Å². The zero-order valence-electron chi connectivity index (χ0n) is 12.8.